The van der Waals surface area contributed by atoms with Gasteiger partial charge in [-0.1, -0.05) is 30.3 Å². The maximum Gasteiger partial charge on any atom is 0.410 e. The van der Waals surface area contributed by atoms with Crippen LogP contribution in [-0.4, -0.2) is 42.8 Å². The molecule has 1 aliphatic rings. The number of rotatable bonds is 3. The van der Waals surface area contributed by atoms with Crippen LogP contribution in [0.5, 0.6) is 0 Å². The summed E-state index contributed by atoms with van der Waals surface area (Å²) in [7, 11) is 1.39. The number of amides is 1. The summed E-state index contributed by atoms with van der Waals surface area (Å²) in [6, 6.07) is 7.82. The number of nitrogens with zero attached hydrogens (tertiary/aromatic N) is 1. The van der Waals surface area contributed by atoms with Crippen molar-refractivity contribution in [3.8, 4) is 0 Å². The maximum atomic E-state index is 12.1. The van der Waals surface area contributed by atoms with Crippen molar-refractivity contribution < 1.29 is 19.1 Å². The second kappa shape index (κ2) is 7.51. The molecule has 2 rings (SSSR count). The summed E-state index contributed by atoms with van der Waals surface area (Å²) in [4.78, 5) is 25.4. The standard InChI is InChI=1S/C19H25NO4/c1-19(2,3)24-18(22)20-11-9-14(10-12-20)16-8-6-5-7-15(16)13-17(21)23-4/h5-9H,10-13H2,1-4H3. The molecule has 0 spiro atoms. The molecular weight excluding hydrogens is 306 g/mol. The number of esters is 1. The van der Waals surface area contributed by atoms with Crippen LogP contribution in [-0.2, 0) is 20.7 Å². The molecule has 1 heterocycles. The van der Waals surface area contributed by atoms with Crippen molar-refractivity contribution in [3.05, 3.63) is 41.5 Å². The number of hydrogen-bond acceptors (Lipinski definition) is 4. The fraction of sp³-hybridized carbons (Fsp3) is 0.474. The summed E-state index contributed by atoms with van der Waals surface area (Å²) in [6.07, 6.45) is 2.72. The second-order valence-electron chi connectivity index (χ2n) is 6.82. The summed E-state index contributed by atoms with van der Waals surface area (Å²) in [5.41, 5.74) is 2.65. The van der Waals surface area contributed by atoms with Crippen molar-refractivity contribution >= 4 is 17.6 Å². The Morgan fingerprint density at radius 2 is 1.92 bits per heavy atom. The quantitative estimate of drug-likeness (QED) is 0.796. The lowest BCUT2D eigenvalue weighted by Crippen LogP contribution is -2.39. The molecule has 1 aliphatic heterocycles. The molecule has 0 aromatic heterocycles. The van der Waals surface area contributed by atoms with E-state index in [0.717, 1.165) is 23.1 Å². The highest BCUT2D eigenvalue weighted by Gasteiger charge is 2.24. The molecular formula is C19H25NO4. The zero-order valence-corrected chi connectivity index (χ0v) is 14.8. The van der Waals surface area contributed by atoms with Crippen LogP contribution in [0.1, 0.15) is 38.3 Å². The summed E-state index contributed by atoms with van der Waals surface area (Å²) >= 11 is 0. The molecule has 1 aromatic carbocycles. The molecule has 0 fully saturated rings. The average molecular weight is 331 g/mol. The van der Waals surface area contributed by atoms with Crippen molar-refractivity contribution in [2.24, 2.45) is 0 Å². The second-order valence-corrected chi connectivity index (χ2v) is 6.82. The third kappa shape index (κ3) is 4.85. The number of methoxy groups -OCH3 is 1. The van der Waals surface area contributed by atoms with Crippen LogP contribution in [0.15, 0.2) is 30.3 Å². The lowest BCUT2D eigenvalue weighted by Gasteiger charge is -2.30. The van der Waals surface area contributed by atoms with E-state index < -0.39 is 5.60 Å². The van der Waals surface area contributed by atoms with Crippen molar-refractivity contribution in [1.82, 2.24) is 4.90 Å². The van der Waals surface area contributed by atoms with E-state index in [2.05, 4.69) is 0 Å². The topological polar surface area (TPSA) is 55.8 Å². The molecule has 0 atom stereocenters. The third-order valence-corrected chi connectivity index (χ3v) is 3.79. The smallest absolute Gasteiger partial charge is 0.410 e. The van der Waals surface area contributed by atoms with Gasteiger partial charge in [0.15, 0.2) is 0 Å². The molecule has 0 bridgehead atoms. The van der Waals surface area contributed by atoms with Gasteiger partial charge in [-0.2, -0.15) is 0 Å². The van der Waals surface area contributed by atoms with Gasteiger partial charge in [0.2, 0.25) is 0 Å². The minimum atomic E-state index is -0.492. The molecule has 0 aliphatic carbocycles. The largest absolute Gasteiger partial charge is 0.469 e. The first-order valence-corrected chi connectivity index (χ1v) is 8.12. The van der Waals surface area contributed by atoms with Gasteiger partial charge in [0.05, 0.1) is 13.5 Å². The Balaban J connectivity index is 2.10. The van der Waals surface area contributed by atoms with Gasteiger partial charge in [-0.3, -0.25) is 4.79 Å². The maximum absolute atomic E-state index is 12.1. The fourth-order valence-electron chi connectivity index (χ4n) is 2.62. The normalized spacial score (nSPS) is 14.8. The molecule has 0 saturated carbocycles. The van der Waals surface area contributed by atoms with Crippen LogP contribution in [0.3, 0.4) is 0 Å². The predicted octanol–water partition coefficient (Wildman–Crippen LogP) is 3.43. The molecule has 5 heteroatoms. The molecule has 0 saturated heterocycles. The van der Waals surface area contributed by atoms with E-state index in [-0.39, 0.29) is 18.5 Å². The monoisotopic (exact) mass is 331 g/mol. The van der Waals surface area contributed by atoms with Crippen LogP contribution in [0.25, 0.3) is 5.57 Å². The van der Waals surface area contributed by atoms with Crippen LogP contribution < -0.4 is 0 Å². The molecule has 0 unspecified atom stereocenters. The minimum Gasteiger partial charge on any atom is -0.469 e. The van der Waals surface area contributed by atoms with E-state index in [1.165, 1.54) is 7.11 Å². The highest BCUT2D eigenvalue weighted by atomic mass is 16.6. The van der Waals surface area contributed by atoms with Crippen molar-refractivity contribution in [2.75, 3.05) is 20.2 Å². The lowest BCUT2D eigenvalue weighted by molar-refractivity contribution is -0.139. The van der Waals surface area contributed by atoms with Gasteiger partial charge in [-0.25, -0.2) is 4.79 Å². The molecule has 0 radical (unpaired) electrons. The Morgan fingerprint density at radius 3 is 2.50 bits per heavy atom. The summed E-state index contributed by atoms with van der Waals surface area (Å²) in [6.45, 7) is 6.70. The highest BCUT2D eigenvalue weighted by molar-refractivity contribution is 5.78. The van der Waals surface area contributed by atoms with E-state index in [0.29, 0.717) is 13.1 Å². The van der Waals surface area contributed by atoms with E-state index in [4.69, 9.17) is 9.47 Å². The first-order valence-electron chi connectivity index (χ1n) is 8.12. The average Bonchev–Trinajstić information content (AvgIpc) is 2.54. The number of benzene rings is 1. The van der Waals surface area contributed by atoms with Crippen LogP contribution >= 0.6 is 0 Å². The molecule has 5 nitrogen and oxygen atoms in total. The minimum absolute atomic E-state index is 0.250. The SMILES string of the molecule is COC(=O)Cc1ccccc1C1=CCN(C(=O)OC(C)(C)C)CC1. The zero-order chi connectivity index (χ0) is 17.7. The van der Waals surface area contributed by atoms with Crippen molar-refractivity contribution in [1.29, 1.82) is 0 Å². The number of ether oxygens (including phenoxy) is 2. The summed E-state index contributed by atoms with van der Waals surface area (Å²) < 4.78 is 10.2. The Bertz CT molecular complexity index is 643. The van der Waals surface area contributed by atoms with Gasteiger partial charge >= 0.3 is 12.1 Å². The Hall–Kier alpha value is -2.30. The number of carbonyl (C=O) groups is 2. The van der Waals surface area contributed by atoms with E-state index >= 15 is 0 Å². The molecule has 1 aromatic rings. The van der Waals surface area contributed by atoms with Crippen LogP contribution in [0.4, 0.5) is 4.79 Å². The number of carbonyl (C=O) groups excluding carboxylic acids is 2. The third-order valence-electron chi connectivity index (χ3n) is 3.79. The molecule has 1 amide bonds. The van der Waals surface area contributed by atoms with E-state index in [1.54, 1.807) is 4.90 Å². The van der Waals surface area contributed by atoms with Gasteiger partial charge in [0.25, 0.3) is 0 Å². The van der Waals surface area contributed by atoms with Gasteiger partial charge in [-0.05, 0) is 43.9 Å². The predicted molar refractivity (Wildman–Crippen MR) is 92.6 cm³/mol. The Kier molecular flexibility index (Phi) is 5.65. The van der Waals surface area contributed by atoms with E-state index in [9.17, 15) is 9.59 Å². The Morgan fingerprint density at radius 1 is 1.21 bits per heavy atom. The van der Waals surface area contributed by atoms with E-state index in [1.807, 2.05) is 51.1 Å². The molecule has 24 heavy (non-hydrogen) atoms. The number of hydrogen-bond donors (Lipinski definition) is 0. The van der Waals surface area contributed by atoms with Crippen molar-refractivity contribution in [2.45, 2.75) is 39.2 Å². The summed E-state index contributed by atoms with van der Waals surface area (Å²) in [5, 5.41) is 0. The lowest BCUT2D eigenvalue weighted by atomic mass is 9.93. The van der Waals surface area contributed by atoms with Gasteiger partial charge in [0.1, 0.15) is 5.60 Å². The first-order chi connectivity index (χ1) is 11.3. The zero-order valence-electron chi connectivity index (χ0n) is 14.8. The first kappa shape index (κ1) is 18.0. The van der Waals surface area contributed by atoms with Crippen LogP contribution in [0, 0.1) is 0 Å². The molecule has 0 N–H and O–H groups in total. The van der Waals surface area contributed by atoms with Crippen LogP contribution in [0.2, 0.25) is 0 Å². The fourth-order valence-corrected chi connectivity index (χ4v) is 2.62. The van der Waals surface area contributed by atoms with Crippen molar-refractivity contribution in [3.63, 3.8) is 0 Å². The Labute approximate surface area is 143 Å². The van der Waals surface area contributed by atoms with Gasteiger partial charge in [0, 0.05) is 13.1 Å². The molecule has 130 valence electrons. The van der Waals surface area contributed by atoms with Gasteiger partial charge < -0.3 is 14.4 Å². The van der Waals surface area contributed by atoms with Gasteiger partial charge in [-0.15, -0.1) is 0 Å². The summed E-state index contributed by atoms with van der Waals surface area (Å²) in [5.74, 6) is -0.255. The highest BCUT2D eigenvalue weighted by Crippen LogP contribution is 2.26.